The first-order chi connectivity index (χ1) is 9.58. The van der Waals surface area contributed by atoms with Crippen LogP contribution in [0.25, 0.3) is 10.1 Å². The number of benzene rings is 1. The third-order valence-electron chi connectivity index (χ3n) is 3.76. The number of thiophene rings is 1. The van der Waals surface area contributed by atoms with Crippen molar-refractivity contribution in [2.75, 3.05) is 18.8 Å². The Bertz CT molecular complexity index is 715. The molecule has 0 unspecified atom stereocenters. The monoisotopic (exact) mass is 286 g/mol. The lowest BCUT2D eigenvalue weighted by atomic mass is 10.1. The zero-order valence-corrected chi connectivity index (χ0v) is 12.6. The number of nitrogens with two attached hydrogens (primary N) is 1. The van der Waals surface area contributed by atoms with Gasteiger partial charge in [-0.05, 0) is 25.8 Å². The average molecular weight is 286 g/mol. The molecule has 104 valence electrons. The maximum absolute atomic E-state index is 12.7. The summed E-state index contributed by atoms with van der Waals surface area (Å²) in [6, 6.07) is 6.04. The molecule has 1 aromatic heterocycles. The van der Waals surface area contributed by atoms with Gasteiger partial charge in [0.05, 0.1) is 5.69 Å². The fourth-order valence-electron chi connectivity index (χ4n) is 2.67. The summed E-state index contributed by atoms with van der Waals surface area (Å²) in [6.45, 7) is 5.62. The summed E-state index contributed by atoms with van der Waals surface area (Å²) in [7, 11) is 0. The van der Waals surface area contributed by atoms with Gasteiger partial charge in [-0.25, -0.2) is 0 Å². The Morgan fingerprint density at radius 3 is 2.85 bits per heavy atom. The number of carbonyl (C=O) groups is 1. The number of aryl methyl sites for hydroxylation is 1. The number of nitrogens with zero attached hydrogens (tertiary/aromatic N) is 1. The van der Waals surface area contributed by atoms with Crippen LogP contribution >= 0.6 is 11.3 Å². The van der Waals surface area contributed by atoms with Crippen molar-refractivity contribution in [1.29, 1.82) is 0 Å². The van der Waals surface area contributed by atoms with E-state index in [1.807, 2.05) is 17.0 Å². The van der Waals surface area contributed by atoms with Gasteiger partial charge in [0.1, 0.15) is 4.88 Å². The van der Waals surface area contributed by atoms with Crippen LogP contribution in [0.15, 0.2) is 29.8 Å². The van der Waals surface area contributed by atoms with E-state index in [4.69, 9.17) is 5.73 Å². The van der Waals surface area contributed by atoms with Crippen molar-refractivity contribution in [3.8, 4) is 0 Å². The molecular weight excluding hydrogens is 268 g/mol. The molecule has 1 aliphatic rings. The van der Waals surface area contributed by atoms with Crippen LogP contribution in [0.2, 0.25) is 0 Å². The van der Waals surface area contributed by atoms with Gasteiger partial charge in [-0.15, -0.1) is 11.3 Å². The Hall–Kier alpha value is -1.81. The predicted octanol–water partition coefficient (Wildman–Crippen LogP) is 3.58. The summed E-state index contributed by atoms with van der Waals surface area (Å²) >= 11 is 1.52. The summed E-state index contributed by atoms with van der Waals surface area (Å²) in [5.74, 6) is 0.0653. The molecule has 0 fully saturated rings. The minimum absolute atomic E-state index is 0.0653. The fraction of sp³-hybridized carbons (Fsp3) is 0.312. The Labute approximate surface area is 122 Å². The summed E-state index contributed by atoms with van der Waals surface area (Å²) < 4.78 is 1.12. The molecule has 0 saturated heterocycles. The molecule has 2 heterocycles. The highest BCUT2D eigenvalue weighted by atomic mass is 32.1. The number of anilines is 1. The number of amides is 1. The molecule has 0 spiro atoms. The van der Waals surface area contributed by atoms with E-state index in [1.54, 1.807) is 0 Å². The van der Waals surface area contributed by atoms with Crippen LogP contribution in [0.5, 0.6) is 0 Å². The van der Waals surface area contributed by atoms with Crippen LogP contribution in [0.3, 0.4) is 0 Å². The zero-order chi connectivity index (χ0) is 14.3. The fourth-order valence-corrected chi connectivity index (χ4v) is 3.82. The lowest BCUT2D eigenvalue weighted by Crippen LogP contribution is -2.35. The van der Waals surface area contributed by atoms with E-state index in [1.165, 1.54) is 22.5 Å². The Morgan fingerprint density at radius 2 is 2.15 bits per heavy atom. The maximum Gasteiger partial charge on any atom is 0.266 e. The number of carbonyl (C=O) groups excluding carboxylic acids is 1. The van der Waals surface area contributed by atoms with Crippen LogP contribution in [0, 0.1) is 6.92 Å². The highest BCUT2D eigenvalue weighted by Gasteiger charge is 2.23. The van der Waals surface area contributed by atoms with Gasteiger partial charge in [-0.3, -0.25) is 4.79 Å². The zero-order valence-electron chi connectivity index (χ0n) is 11.8. The van der Waals surface area contributed by atoms with Gasteiger partial charge in [0.25, 0.3) is 5.91 Å². The van der Waals surface area contributed by atoms with Crippen molar-refractivity contribution >= 4 is 33.0 Å². The molecule has 3 nitrogen and oxygen atoms in total. The molecule has 20 heavy (non-hydrogen) atoms. The van der Waals surface area contributed by atoms with Crippen molar-refractivity contribution in [2.45, 2.75) is 20.3 Å². The van der Waals surface area contributed by atoms with Gasteiger partial charge in [0.2, 0.25) is 0 Å². The topological polar surface area (TPSA) is 46.3 Å². The van der Waals surface area contributed by atoms with E-state index < -0.39 is 0 Å². The minimum atomic E-state index is 0.0653. The number of rotatable bonds is 1. The molecular formula is C16H18N2OS. The molecule has 2 N–H and O–H groups in total. The first-order valence-corrected chi connectivity index (χ1v) is 7.62. The number of hydrogen-bond donors (Lipinski definition) is 1. The van der Waals surface area contributed by atoms with Gasteiger partial charge >= 0.3 is 0 Å². The maximum atomic E-state index is 12.7. The summed E-state index contributed by atoms with van der Waals surface area (Å²) in [5.41, 5.74) is 9.25. The lowest BCUT2D eigenvalue weighted by Gasteiger charge is -2.25. The second-order valence-corrected chi connectivity index (χ2v) is 6.38. The van der Waals surface area contributed by atoms with Crippen LogP contribution in [-0.2, 0) is 0 Å². The molecule has 0 atom stereocenters. The van der Waals surface area contributed by atoms with Gasteiger partial charge in [-0.1, -0.05) is 29.8 Å². The molecule has 0 saturated carbocycles. The van der Waals surface area contributed by atoms with Gasteiger partial charge in [-0.2, -0.15) is 0 Å². The van der Waals surface area contributed by atoms with Crippen molar-refractivity contribution < 1.29 is 4.79 Å². The minimum Gasteiger partial charge on any atom is -0.397 e. The highest BCUT2D eigenvalue weighted by Crippen LogP contribution is 2.36. The normalized spacial score (nSPS) is 15.5. The van der Waals surface area contributed by atoms with E-state index in [2.05, 4.69) is 26.0 Å². The molecule has 4 heteroatoms. The third kappa shape index (κ3) is 2.10. The second-order valence-electron chi connectivity index (χ2n) is 5.36. The third-order valence-corrected chi connectivity index (χ3v) is 5.11. The van der Waals surface area contributed by atoms with Crippen LogP contribution in [0.1, 0.15) is 28.6 Å². The second kappa shape index (κ2) is 4.94. The van der Waals surface area contributed by atoms with E-state index >= 15 is 0 Å². The molecule has 2 aromatic rings. The van der Waals surface area contributed by atoms with Gasteiger partial charge in [0.15, 0.2) is 0 Å². The van der Waals surface area contributed by atoms with Crippen LogP contribution in [-0.4, -0.2) is 23.9 Å². The average Bonchev–Trinajstić information content (AvgIpc) is 2.77. The SMILES string of the molecule is CC1=CCCN(C(=O)c2sc3c(C)cccc3c2N)C1. The summed E-state index contributed by atoms with van der Waals surface area (Å²) in [6.07, 6.45) is 3.13. The van der Waals surface area contributed by atoms with E-state index in [-0.39, 0.29) is 5.91 Å². The van der Waals surface area contributed by atoms with Crippen LogP contribution < -0.4 is 5.73 Å². The van der Waals surface area contributed by atoms with Gasteiger partial charge in [0, 0.05) is 23.2 Å². The van der Waals surface area contributed by atoms with E-state index in [9.17, 15) is 4.79 Å². The molecule has 1 aliphatic heterocycles. The van der Waals surface area contributed by atoms with Crippen molar-refractivity contribution in [3.05, 3.63) is 40.3 Å². The molecule has 0 radical (unpaired) electrons. The van der Waals surface area contributed by atoms with E-state index in [0.717, 1.165) is 23.1 Å². The first-order valence-electron chi connectivity index (χ1n) is 6.80. The summed E-state index contributed by atoms with van der Waals surface area (Å²) in [5, 5.41) is 1.00. The van der Waals surface area contributed by atoms with Gasteiger partial charge < -0.3 is 10.6 Å². The largest absolute Gasteiger partial charge is 0.397 e. The number of nitrogen functional groups attached to an aromatic ring is 1. The molecule has 3 rings (SSSR count). The Morgan fingerprint density at radius 1 is 1.35 bits per heavy atom. The predicted molar refractivity (Wildman–Crippen MR) is 85.3 cm³/mol. The first kappa shape index (κ1) is 13.2. The van der Waals surface area contributed by atoms with Crippen molar-refractivity contribution in [1.82, 2.24) is 4.90 Å². The molecule has 1 aromatic carbocycles. The Kier molecular flexibility index (Phi) is 3.26. The summed E-state index contributed by atoms with van der Waals surface area (Å²) in [4.78, 5) is 15.3. The smallest absolute Gasteiger partial charge is 0.266 e. The number of fused-ring (bicyclic) bond motifs is 1. The van der Waals surface area contributed by atoms with Crippen molar-refractivity contribution in [2.24, 2.45) is 0 Å². The molecule has 0 aliphatic carbocycles. The number of hydrogen-bond acceptors (Lipinski definition) is 3. The quantitative estimate of drug-likeness (QED) is 0.814. The van der Waals surface area contributed by atoms with Crippen molar-refractivity contribution in [3.63, 3.8) is 0 Å². The molecule has 0 bridgehead atoms. The highest BCUT2D eigenvalue weighted by molar-refractivity contribution is 7.21. The van der Waals surface area contributed by atoms with Crippen LogP contribution in [0.4, 0.5) is 5.69 Å². The Balaban J connectivity index is 2.02. The lowest BCUT2D eigenvalue weighted by molar-refractivity contribution is 0.0772. The van der Waals surface area contributed by atoms with E-state index in [0.29, 0.717) is 17.1 Å². The standard InChI is InChI=1S/C16H18N2OS/c1-10-5-4-8-18(9-10)16(19)15-13(17)12-7-3-6-11(2)14(12)20-15/h3,5-7H,4,8-9,17H2,1-2H3. The molecule has 1 amide bonds.